The van der Waals surface area contributed by atoms with Crippen molar-refractivity contribution in [1.29, 1.82) is 0 Å². The van der Waals surface area contributed by atoms with Gasteiger partial charge in [-0.3, -0.25) is 14.5 Å². The van der Waals surface area contributed by atoms with Crippen molar-refractivity contribution in [3.8, 4) is 0 Å². The van der Waals surface area contributed by atoms with E-state index in [0.29, 0.717) is 23.9 Å². The fourth-order valence-corrected chi connectivity index (χ4v) is 3.17. The van der Waals surface area contributed by atoms with E-state index in [0.717, 1.165) is 18.8 Å². The Balaban J connectivity index is 1.87. The summed E-state index contributed by atoms with van der Waals surface area (Å²) in [4.78, 5) is 25.8. The van der Waals surface area contributed by atoms with Gasteiger partial charge in [-0.1, -0.05) is 13.8 Å². The topological polar surface area (TPSA) is 61.4 Å². The maximum atomic E-state index is 12.1. The van der Waals surface area contributed by atoms with Crippen molar-refractivity contribution < 1.29 is 9.59 Å². The molecule has 0 radical (unpaired) electrons. The molecule has 2 N–H and O–H groups in total. The zero-order valence-electron chi connectivity index (χ0n) is 13.6. The Labute approximate surface area is 132 Å². The summed E-state index contributed by atoms with van der Waals surface area (Å²) in [6, 6.07) is 6.92. The number of carbonyl (C=O) groups is 2. The highest BCUT2D eigenvalue weighted by molar-refractivity contribution is 5.96. The molecule has 0 aliphatic carbocycles. The van der Waals surface area contributed by atoms with Gasteiger partial charge in [0.25, 0.3) is 5.91 Å². The molecule has 2 atom stereocenters. The van der Waals surface area contributed by atoms with Crippen molar-refractivity contribution in [2.75, 3.05) is 32.0 Å². The van der Waals surface area contributed by atoms with Crippen molar-refractivity contribution in [3.05, 3.63) is 29.8 Å². The molecule has 0 spiro atoms. The molecule has 0 unspecified atom stereocenters. The predicted molar refractivity (Wildman–Crippen MR) is 87.8 cm³/mol. The quantitative estimate of drug-likeness (QED) is 0.894. The number of carbonyl (C=O) groups excluding carboxylic acids is 2. The third-order valence-electron chi connectivity index (χ3n) is 3.97. The van der Waals surface area contributed by atoms with Crippen molar-refractivity contribution in [2.24, 2.45) is 11.8 Å². The maximum absolute atomic E-state index is 12.1. The van der Waals surface area contributed by atoms with Gasteiger partial charge in [-0.2, -0.15) is 0 Å². The first-order chi connectivity index (χ1) is 10.5. The van der Waals surface area contributed by atoms with Crippen LogP contribution in [-0.4, -0.2) is 43.4 Å². The highest BCUT2D eigenvalue weighted by Gasteiger charge is 2.23. The van der Waals surface area contributed by atoms with Crippen molar-refractivity contribution in [3.63, 3.8) is 0 Å². The molecule has 1 heterocycles. The number of anilines is 1. The van der Waals surface area contributed by atoms with E-state index in [1.807, 2.05) is 0 Å². The fourth-order valence-electron chi connectivity index (χ4n) is 3.17. The van der Waals surface area contributed by atoms with Gasteiger partial charge in [0, 0.05) is 31.4 Å². The van der Waals surface area contributed by atoms with Gasteiger partial charge >= 0.3 is 0 Å². The molecule has 2 rings (SSSR count). The third kappa shape index (κ3) is 4.56. The zero-order chi connectivity index (χ0) is 16.1. The van der Waals surface area contributed by atoms with Gasteiger partial charge in [0.15, 0.2) is 0 Å². The summed E-state index contributed by atoms with van der Waals surface area (Å²) >= 11 is 0. The first kappa shape index (κ1) is 16.5. The lowest BCUT2D eigenvalue weighted by atomic mass is 9.92. The Morgan fingerprint density at radius 1 is 1.14 bits per heavy atom. The first-order valence-electron chi connectivity index (χ1n) is 7.82. The molecule has 0 bridgehead atoms. The number of piperidine rings is 1. The highest BCUT2D eigenvalue weighted by Crippen LogP contribution is 2.20. The summed E-state index contributed by atoms with van der Waals surface area (Å²) in [6.45, 7) is 6.85. The minimum atomic E-state index is -0.130. The smallest absolute Gasteiger partial charge is 0.251 e. The average molecular weight is 303 g/mol. The number of hydrogen-bond donors (Lipinski definition) is 2. The number of nitrogens with one attached hydrogen (secondary N) is 2. The van der Waals surface area contributed by atoms with Crippen LogP contribution in [0.2, 0.25) is 0 Å². The van der Waals surface area contributed by atoms with E-state index < -0.39 is 0 Å². The van der Waals surface area contributed by atoms with Crippen LogP contribution < -0.4 is 10.6 Å². The fraction of sp³-hybridized carbons (Fsp3) is 0.529. The lowest BCUT2D eigenvalue weighted by Crippen LogP contribution is -2.42. The Morgan fingerprint density at radius 3 is 2.27 bits per heavy atom. The van der Waals surface area contributed by atoms with Gasteiger partial charge in [-0.05, 0) is 42.5 Å². The number of nitrogens with zero attached hydrogens (tertiary/aromatic N) is 1. The van der Waals surface area contributed by atoms with E-state index in [2.05, 4.69) is 29.4 Å². The van der Waals surface area contributed by atoms with Crippen molar-refractivity contribution in [1.82, 2.24) is 10.2 Å². The van der Waals surface area contributed by atoms with E-state index in [1.54, 1.807) is 31.3 Å². The molecule has 5 nitrogen and oxygen atoms in total. The lowest BCUT2D eigenvalue weighted by Gasteiger charge is -2.34. The lowest BCUT2D eigenvalue weighted by molar-refractivity contribution is -0.117. The Kier molecular flexibility index (Phi) is 5.55. The number of benzene rings is 1. The normalized spacial score (nSPS) is 22.1. The van der Waals surface area contributed by atoms with Gasteiger partial charge in [0.2, 0.25) is 5.91 Å². The molecular weight excluding hydrogens is 278 g/mol. The third-order valence-corrected chi connectivity index (χ3v) is 3.97. The number of likely N-dealkylation sites (tertiary alicyclic amines) is 1. The summed E-state index contributed by atoms with van der Waals surface area (Å²) in [5.74, 6) is 1.15. The van der Waals surface area contributed by atoms with Gasteiger partial charge in [0.1, 0.15) is 0 Å². The van der Waals surface area contributed by atoms with Crippen LogP contribution in [0.15, 0.2) is 24.3 Å². The summed E-state index contributed by atoms with van der Waals surface area (Å²) in [5.41, 5.74) is 1.30. The van der Waals surface area contributed by atoms with Crippen molar-refractivity contribution >= 4 is 17.5 Å². The predicted octanol–water partition coefficient (Wildman–Crippen LogP) is 1.96. The van der Waals surface area contributed by atoms with E-state index in [-0.39, 0.29) is 11.8 Å². The van der Waals surface area contributed by atoms with Crippen molar-refractivity contribution in [2.45, 2.75) is 20.3 Å². The number of amides is 2. The molecule has 1 aliphatic heterocycles. The van der Waals surface area contributed by atoms with Crippen LogP contribution in [0.25, 0.3) is 0 Å². The summed E-state index contributed by atoms with van der Waals surface area (Å²) in [5, 5.41) is 5.46. The van der Waals surface area contributed by atoms with Crippen LogP contribution in [0.5, 0.6) is 0 Å². The minimum absolute atomic E-state index is 0.00556. The van der Waals surface area contributed by atoms with Gasteiger partial charge in [-0.25, -0.2) is 0 Å². The van der Waals surface area contributed by atoms with Crippen LogP contribution in [-0.2, 0) is 4.79 Å². The molecule has 1 saturated heterocycles. The number of rotatable bonds is 4. The summed E-state index contributed by atoms with van der Waals surface area (Å²) in [6.07, 6.45) is 1.24. The second kappa shape index (κ2) is 7.40. The second-order valence-corrected chi connectivity index (χ2v) is 6.34. The SMILES string of the molecule is CNC(=O)c1ccc(NC(=O)CN2C[C@H](C)C[C@H](C)C2)cc1. The first-order valence-corrected chi connectivity index (χ1v) is 7.82. The average Bonchev–Trinajstić information content (AvgIpc) is 2.46. The summed E-state index contributed by atoms with van der Waals surface area (Å²) < 4.78 is 0. The van der Waals surface area contributed by atoms with Crippen LogP contribution in [0.4, 0.5) is 5.69 Å². The Hall–Kier alpha value is -1.88. The minimum Gasteiger partial charge on any atom is -0.355 e. The largest absolute Gasteiger partial charge is 0.355 e. The van der Waals surface area contributed by atoms with E-state index in [1.165, 1.54) is 6.42 Å². The maximum Gasteiger partial charge on any atom is 0.251 e. The molecular formula is C17H25N3O2. The molecule has 2 amide bonds. The molecule has 22 heavy (non-hydrogen) atoms. The second-order valence-electron chi connectivity index (χ2n) is 6.34. The molecule has 1 aliphatic rings. The molecule has 5 heteroatoms. The van der Waals surface area contributed by atoms with Crippen LogP contribution in [0.1, 0.15) is 30.6 Å². The van der Waals surface area contributed by atoms with Crippen LogP contribution in [0.3, 0.4) is 0 Å². The van der Waals surface area contributed by atoms with E-state index in [4.69, 9.17) is 0 Å². The monoisotopic (exact) mass is 303 g/mol. The Morgan fingerprint density at radius 2 is 1.73 bits per heavy atom. The van der Waals surface area contributed by atoms with Gasteiger partial charge in [-0.15, -0.1) is 0 Å². The van der Waals surface area contributed by atoms with Crippen LogP contribution >= 0.6 is 0 Å². The zero-order valence-corrected chi connectivity index (χ0v) is 13.6. The standard InChI is InChI=1S/C17H25N3O2/c1-12-8-13(2)10-20(9-12)11-16(21)19-15-6-4-14(5-7-15)17(22)18-3/h4-7,12-13H,8-11H2,1-3H3,(H,18,22)(H,19,21)/t12-,13+. The molecule has 0 aromatic heterocycles. The van der Waals surface area contributed by atoms with Crippen LogP contribution in [0, 0.1) is 11.8 Å². The molecule has 1 aromatic carbocycles. The summed E-state index contributed by atoms with van der Waals surface area (Å²) in [7, 11) is 1.60. The van der Waals surface area contributed by atoms with E-state index >= 15 is 0 Å². The molecule has 0 saturated carbocycles. The Bertz CT molecular complexity index is 517. The van der Waals surface area contributed by atoms with Gasteiger partial charge in [0.05, 0.1) is 6.54 Å². The molecule has 1 fully saturated rings. The molecule has 1 aromatic rings. The van der Waals surface area contributed by atoms with E-state index in [9.17, 15) is 9.59 Å². The molecule has 120 valence electrons. The highest BCUT2D eigenvalue weighted by atomic mass is 16.2. The number of hydrogen-bond acceptors (Lipinski definition) is 3. The van der Waals surface area contributed by atoms with Gasteiger partial charge < -0.3 is 10.6 Å².